The molecular formula is C56H35NS2. The van der Waals surface area contributed by atoms with Gasteiger partial charge in [0.15, 0.2) is 0 Å². The number of anilines is 3. The second-order valence-electron chi connectivity index (χ2n) is 15.2. The van der Waals surface area contributed by atoms with Gasteiger partial charge in [0.2, 0.25) is 0 Å². The monoisotopic (exact) mass is 785 g/mol. The summed E-state index contributed by atoms with van der Waals surface area (Å²) in [6.07, 6.45) is 0. The highest BCUT2D eigenvalue weighted by Gasteiger charge is 2.26. The first kappa shape index (κ1) is 34.0. The van der Waals surface area contributed by atoms with Crippen LogP contribution in [0, 0.1) is 0 Å². The van der Waals surface area contributed by atoms with Gasteiger partial charge in [-0.25, -0.2) is 0 Å². The fraction of sp³-hybridized carbons (Fsp3) is 0. The zero-order chi connectivity index (χ0) is 38.9. The highest BCUT2D eigenvalue weighted by molar-refractivity contribution is 7.26. The van der Waals surface area contributed by atoms with E-state index in [-0.39, 0.29) is 0 Å². The molecule has 2 heterocycles. The third-order valence-electron chi connectivity index (χ3n) is 11.9. The summed E-state index contributed by atoms with van der Waals surface area (Å²) in [7, 11) is 0. The lowest BCUT2D eigenvalue weighted by Gasteiger charge is -2.32. The SMILES string of the molecule is c1ccc(-c2ccc(-c3c(N(c4ccc5c(c4)sc4ccccc45)c4ccccc4-c4cccc5sc6ccccc6c45)c4ccccc4c4ccccc34)cc2)cc1. The van der Waals surface area contributed by atoms with E-state index in [1.54, 1.807) is 0 Å². The van der Waals surface area contributed by atoms with Crippen molar-refractivity contribution in [2.24, 2.45) is 0 Å². The van der Waals surface area contributed by atoms with Crippen molar-refractivity contribution in [3.05, 3.63) is 212 Å². The lowest BCUT2D eigenvalue weighted by atomic mass is 9.88. The van der Waals surface area contributed by atoms with Gasteiger partial charge in [-0.1, -0.05) is 176 Å². The van der Waals surface area contributed by atoms with Gasteiger partial charge in [0.1, 0.15) is 0 Å². The molecule has 276 valence electrons. The lowest BCUT2D eigenvalue weighted by molar-refractivity contribution is 1.31. The number of para-hydroxylation sites is 1. The molecule has 0 atom stereocenters. The van der Waals surface area contributed by atoms with Crippen molar-refractivity contribution in [1.82, 2.24) is 0 Å². The Bertz CT molecular complexity index is 3560. The highest BCUT2D eigenvalue weighted by Crippen LogP contribution is 2.53. The molecule has 0 bridgehead atoms. The highest BCUT2D eigenvalue weighted by atomic mass is 32.1. The van der Waals surface area contributed by atoms with Gasteiger partial charge in [-0.15, -0.1) is 22.7 Å². The van der Waals surface area contributed by atoms with E-state index in [0.29, 0.717) is 0 Å². The number of benzene rings is 10. The molecule has 10 aromatic carbocycles. The predicted octanol–water partition coefficient (Wildman–Crippen LogP) is 17.2. The summed E-state index contributed by atoms with van der Waals surface area (Å²) in [5.74, 6) is 0. The molecule has 0 fully saturated rings. The number of fused-ring (bicyclic) bond motifs is 9. The van der Waals surface area contributed by atoms with Gasteiger partial charge in [-0.3, -0.25) is 0 Å². The topological polar surface area (TPSA) is 3.24 Å². The number of nitrogens with zero attached hydrogens (tertiary/aromatic N) is 1. The Kier molecular flexibility index (Phi) is 7.97. The van der Waals surface area contributed by atoms with E-state index in [1.807, 2.05) is 22.7 Å². The molecule has 0 saturated heterocycles. The van der Waals surface area contributed by atoms with Gasteiger partial charge >= 0.3 is 0 Å². The minimum Gasteiger partial charge on any atom is -0.309 e. The first-order chi connectivity index (χ1) is 29.3. The maximum Gasteiger partial charge on any atom is 0.0625 e. The van der Waals surface area contributed by atoms with E-state index in [1.165, 1.54) is 101 Å². The summed E-state index contributed by atoms with van der Waals surface area (Å²) < 4.78 is 5.18. The standard InChI is InChI=1S/C56H35NS2/c1-2-15-36(16-3-1)37-29-31-38(32-30-37)54-45-21-6-4-17-40(45)41-18-5-7-22-47(41)56(54)57(39-33-34-44-43-20-9-12-26-50(43)59-53(44)35-39)49-25-11-8-19-42(49)46-24-14-28-52-55(46)48-23-10-13-27-51(48)58-52/h1-35H. The summed E-state index contributed by atoms with van der Waals surface area (Å²) in [5, 5.41) is 10.1. The van der Waals surface area contributed by atoms with Crippen molar-refractivity contribution in [1.29, 1.82) is 0 Å². The molecule has 0 aliphatic rings. The van der Waals surface area contributed by atoms with E-state index in [4.69, 9.17) is 0 Å². The summed E-state index contributed by atoms with van der Waals surface area (Å²) in [5.41, 5.74) is 10.7. The fourth-order valence-corrected chi connectivity index (χ4v) is 11.5. The van der Waals surface area contributed by atoms with Crippen molar-refractivity contribution in [2.45, 2.75) is 0 Å². The Morgan fingerprint density at radius 3 is 1.63 bits per heavy atom. The van der Waals surface area contributed by atoms with Gasteiger partial charge < -0.3 is 4.90 Å². The molecule has 0 radical (unpaired) electrons. The van der Waals surface area contributed by atoms with Gasteiger partial charge in [0, 0.05) is 62.5 Å². The second kappa shape index (κ2) is 13.8. The third kappa shape index (κ3) is 5.51. The van der Waals surface area contributed by atoms with E-state index in [9.17, 15) is 0 Å². The Morgan fingerprint density at radius 2 is 0.831 bits per heavy atom. The smallest absolute Gasteiger partial charge is 0.0625 e. The Labute approximate surface area is 350 Å². The molecule has 59 heavy (non-hydrogen) atoms. The van der Waals surface area contributed by atoms with Crippen LogP contribution in [0.1, 0.15) is 0 Å². The maximum atomic E-state index is 2.57. The predicted molar refractivity (Wildman–Crippen MR) is 258 cm³/mol. The summed E-state index contributed by atoms with van der Waals surface area (Å²) in [6, 6.07) is 78.4. The Morgan fingerprint density at radius 1 is 0.305 bits per heavy atom. The van der Waals surface area contributed by atoms with Crippen LogP contribution in [0.15, 0.2) is 212 Å². The van der Waals surface area contributed by atoms with E-state index in [2.05, 4.69) is 217 Å². The van der Waals surface area contributed by atoms with Crippen LogP contribution in [-0.4, -0.2) is 0 Å². The Hall–Kier alpha value is -7.04. The zero-order valence-electron chi connectivity index (χ0n) is 32.0. The third-order valence-corrected chi connectivity index (χ3v) is 14.1. The van der Waals surface area contributed by atoms with Crippen molar-refractivity contribution >= 4 is 102 Å². The van der Waals surface area contributed by atoms with Crippen LogP contribution >= 0.6 is 22.7 Å². The summed E-state index contributed by atoms with van der Waals surface area (Å²) in [4.78, 5) is 2.57. The number of thiophene rings is 2. The maximum absolute atomic E-state index is 2.57. The van der Waals surface area contributed by atoms with Crippen LogP contribution in [0.2, 0.25) is 0 Å². The van der Waals surface area contributed by atoms with Crippen LogP contribution in [0.25, 0.3) is 95.3 Å². The summed E-state index contributed by atoms with van der Waals surface area (Å²) >= 11 is 3.74. The number of hydrogen-bond donors (Lipinski definition) is 0. The molecule has 0 unspecified atom stereocenters. The first-order valence-electron chi connectivity index (χ1n) is 20.1. The molecule has 3 heteroatoms. The van der Waals surface area contributed by atoms with Gasteiger partial charge in [-0.2, -0.15) is 0 Å². The molecule has 0 spiro atoms. The summed E-state index contributed by atoms with van der Waals surface area (Å²) in [6.45, 7) is 0. The normalized spacial score (nSPS) is 11.7. The number of rotatable bonds is 6. The molecular weight excluding hydrogens is 751 g/mol. The van der Waals surface area contributed by atoms with Gasteiger partial charge in [-0.05, 0) is 74.8 Å². The van der Waals surface area contributed by atoms with Crippen LogP contribution in [-0.2, 0) is 0 Å². The first-order valence-corrected chi connectivity index (χ1v) is 21.7. The van der Waals surface area contributed by atoms with Crippen LogP contribution in [0.4, 0.5) is 17.1 Å². The molecule has 0 amide bonds. The largest absolute Gasteiger partial charge is 0.309 e. The molecule has 0 aliphatic carbocycles. The fourth-order valence-electron chi connectivity index (χ4n) is 9.24. The van der Waals surface area contributed by atoms with Gasteiger partial charge in [0.25, 0.3) is 0 Å². The molecule has 0 N–H and O–H groups in total. The molecule has 12 rings (SSSR count). The minimum atomic E-state index is 1.13. The van der Waals surface area contributed by atoms with E-state index >= 15 is 0 Å². The van der Waals surface area contributed by atoms with E-state index in [0.717, 1.165) is 11.4 Å². The molecule has 0 aliphatic heterocycles. The van der Waals surface area contributed by atoms with Crippen LogP contribution in [0.5, 0.6) is 0 Å². The van der Waals surface area contributed by atoms with E-state index < -0.39 is 0 Å². The Balaban J connectivity index is 1.21. The van der Waals surface area contributed by atoms with Crippen LogP contribution < -0.4 is 4.90 Å². The average Bonchev–Trinajstić information content (AvgIpc) is 3.88. The molecule has 2 aromatic heterocycles. The van der Waals surface area contributed by atoms with Crippen LogP contribution in [0.3, 0.4) is 0 Å². The van der Waals surface area contributed by atoms with Gasteiger partial charge in [0.05, 0.1) is 11.4 Å². The number of hydrogen-bond acceptors (Lipinski definition) is 3. The van der Waals surface area contributed by atoms with Crippen molar-refractivity contribution < 1.29 is 0 Å². The molecule has 1 nitrogen and oxygen atoms in total. The quantitative estimate of drug-likeness (QED) is 0.152. The average molecular weight is 786 g/mol. The second-order valence-corrected chi connectivity index (χ2v) is 17.3. The lowest BCUT2D eigenvalue weighted by Crippen LogP contribution is -2.13. The molecule has 12 aromatic rings. The van der Waals surface area contributed by atoms with Crippen molar-refractivity contribution in [2.75, 3.05) is 4.90 Å². The van der Waals surface area contributed by atoms with Crippen molar-refractivity contribution in [3.63, 3.8) is 0 Å². The molecule has 0 saturated carbocycles. The van der Waals surface area contributed by atoms with Crippen molar-refractivity contribution in [3.8, 4) is 33.4 Å². The minimum absolute atomic E-state index is 1.13. The zero-order valence-corrected chi connectivity index (χ0v) is 33.6.